The van der Waals surface area contributed by atoms with Crippen LogP contribution in [0.5, 0.6) is 0 Å². The summed E-state index contributed by atoms with van der Waals surface area (Å²) in [6.45, 7) is 7.01. The van der Waals surface area contributed by atoms with Gasteiger partial charge in [0.1, 0.15) is 5.82 Å². The molecule has 0 saturated carbocycles. The summed E-state index contributed by atoms with van der Waals surface area (Å²) in [6.07, 6.45) is 7.20. The summed E-state index contributed by atoms with van der Waals surface area (Å²) < 4.78 is 0. The number of nitrogens with zero attached hydrogens (tertiary/aromatic N) is 2. The van der Waals surface area contributed by atoms with E-state index in [1.807, 2.05) is 12.1 Å². The topological polar surface area (TPSA) is 71.2 Å². The Morgan fingerprint density at radius 2 is 2.17 bits per heavy atom. The zero-order chi connectivity index (χ0) is 16.7. The van der Waals surface area contributed by atoms with Crippen LogP contribution in [0.1, 0.15) is 56.3 Å². The smallest absolute Gasteiger partial charge is 0.253 e. The van der Waals surface area contributed by atoms with Crippen molar-refractivity contribution in [3.8, 4) is 0 Å². The summed E-state index contributed by atoms with van der Waals surface area (Å²) in [5.41, 5.74) is 6.34. The number of anilines is 1. The van der Waals surface area contributed by atoms with Crippen molar-refractivity contribution in [2.45, 2.75) is 52.0 Å². The van der Waals surface area contributed by atoms with E-state index in [4.69, 9.17) is 5.73 Å². The van der Waals surface area contributed by atoms with Gasteiger partial charge in [0.05, 0.1) is 5.56 Å². The van der Waals surface area contributed by atoms with Crippen LogP contribution in [0.25, 0.3) is 0 Å². The molecule has 1 aromatic rings. The molecule has 1 atom stereocenters. The molecule has 1 fully saturated rings. The molecule has 3 N–H and O–H groups in total. The highest BCUT2D eigenvalue weighted by molar-refractivity contribution is 5.94. The highest BCUT2D eigenvalue weighted by Crippen LogP contribution is 2.21. The van der Waals surface area contributed by atoms with Gasteiger partial charge in [-0.05, 0) is 37.3 Å². The average Bonchev–Trinajstić information content (AvgIpc) is 2.59. The molecule has 0 aliphatic carbocycles. The number of rotatable bonds is 7. The highest BCUT2D eigenvalue weighted by atomic mass is 16.1. The van der Waals surface area contributed by atoms with E-state index >= 15 is 0 Å². The fourth-order valence-electron chi connectivity index (χ4n) is 2.91. The maximum absolute atomic E-state index is 12.3. The van der Waals surface area contributed by atoms with Gasteiger partial charge in [-0.25, -0.2) is 4.98 Å². The van der Waals surface area contributed by atoms with Crippen LogP contribution in [0.4, 0.5) is 5.82 Å². The molecule has 0 aromatic carbocycles. The van der Waals surface area contributed by atoms with E-state index in [-0.39, 0.29) is 11.9 Å². The lowest BCUT2D eigenvalue weighted by molar-refractivity contribution is 0.0935. The Labute approximate surface area is 139 Å². The van der Waals surface area contributed by atoms with Crippen molar-refractivity contribution in [3.63, 3.8) is 0 Å². The Balaban J connectivity index is 1.91. The van der Waals surface area contributed by atoms with E-state index in [1.165, 1.54) is 12.8 Å². The molecule has 0 radical (unpaired) electrons. The van der Waals surface area contributed by atoms with Crippen molar-refractivity contribution in [2.24, 2.45) is 11.7 Å². The number of piperidine rings is 1. The van der Waals surface area contributed by atoms with Gasteiger partial charge in [-0.1, -0.05) is 26.7 Å². The van der Waals surface area contributed by atoms with E-state index in [2.05, 4.69) is 29.0 Å². The minimum absolute atomic E-state index is 0.0470. The Bertz CT molecular complexity index is 480. The van der Waals surface area contributed by atoms with Crippen LogP contribution in [-0.2, 0) is 0 Å². The summed E-state index contributed by atoms with van der Waals surface area (Å²) in [6, 6.07) is 3.86. The predicted molar refractivity (Wildman–Crippen MR) is 94.7 cm³/mol. The molecule has 5 heteroatoms. The molecule has 128 valence electrons. The van der Waals surface area contributed by atoms with E-state index in [9.17, 15) is 4.79 Å². The minimum atomic E-state index is -0.0807. The summed E-state index contributed by atoms with van der Waals surface area (Å²) in [7, 11) is 0. The number of nitrogens with one attached hydrogen (secondary N) is 1. The van der Waals surface area contributed by atoms with Crippen LogP contribution in [0, 0.1) is 5.92 Å². The number of pyridine rings is 1. The van der Waals surface area contributed by atoms with Crippen molar-refractivity contribution in [2.75, 3.05) is 24.5 Å². The summed E-state index contributed by atoms with van der Waals surface area (Å²) in [5.74, 6) is 1.69. The molecular formula is C18H30N4O. The van der Waals surface area contributed by atoms with Gasteiger partial charge in [-0.15, -0.1) is 0 Å². The second-order valence-corrected chi connectivity index (χ2v) is 6.62. The molecule has 1 amide bonds. The second-order valence-electron chi connectivity index (χ2n) is 6.62. The van der Waals surface area contributed by atoms with Crippen molar-refractivity contribution in [3.05, 3.63) is 23.9 Å². The Morgan fingerprint density at radius 3 is 2.74 bits per heavy atom. The van der Waals surface area contributed by atoms with Gasteiger partial charge in [0.15, 0.2) is 0 Å². The minimum Gasteiger partial charge on any atom is -0.357 e. The lowest BCUT2D eigenvalue weighted by Gasteiger charge is -2.31. The molecule has 5 nitrogen and oxygen atoms in total. The van der Waals surface area contributed by atoms with Crippen LogP contribution < -0.4 is 16.0 Å². The van der Waals surface area contributed by atoms with E-state index < -0.39 is 0 Å². The first kappa shape index (κ1) is 17.7. The first-order valence-electron chi connectivity index (χ1n) is 8.86. The van der Waals surface area contributed by atoms with Crippen LogP contribution in [0.2, 0.25) is 0 Å². The number of unbranched alkanes of at least 4 members (excludes halogenated alkanes) is 1. The molecule has 1 unspecified atom stereocenters. The molecule has 1 saturated heterocycles. The van der Waals surface area contributed by atoms with Gasteiger partial charge in [-0.2, -0.15) is 0 Å². The van der Waals surface area contributed by atoms with Gasteiger partial charge in [-0.3, -0.25) is 4.79 Å². The maximum atomic E-state index is 12.3. The van der Waals surface area contributed by atoms with Gasteiger partial charge >= 0.3 is 0 Å². The summed E-state index contributed by atoms with van der Waals surface area (Å²) >= 11 is 0. The lowest BCUT2D eigenvalue weighted by Crippen LogP contribution is -2.40. The lowest BCUT2D eigenvalue weighted by atomic mass is 9.99. The van der Waals surface area contributed by atoms with Crippen molar-refractivity contribution >= 4 is 11.7 Å². The first-order valence-corrected chi connectivity index (χ1v) is 8.86. The first-order chi connectivity index (χ1) is 11.1. The van der Waals surface area contributed by atoms with E-state index in [0.717, 1.165) is 44.1 Å². The van der Waals surface area contributed by atoms with Gasteiger partial charge < -0.3 is 16.0 Å². The Morgan fingerprint density at radius 1 is 1.43 bits per heavy atom. The fourth-order valence-corrected chi connectivity index (χ4v) is 2.91. The zero-order valence-corrected chi connectivity index (χ0v) is 14.4. The third kappa shape index (κ3) is 5.20. The van der Waals surface area contributed by atoms with Gasteiger partial charge in [0.2, 0.25) is 0 Å². The number of aromatic nitrogens is 1. The van der Waals surface area contributed by atoms with Gasteiger partial charge in [0.25, 0.3) is 5.91 Å². The van der Waals surface area contributed by atoms with E-state index in [0.29, 0.717) is 12.1 Å². The second kappa shape index (κ2) is 8.87. The molecular weight excluding hydrogens is 288 g/mol. The molecule has 23 heavy (non-hydrogen) atoms. The SMILES string of the molecule is CCCCC(CN)NC(=O)c1ccc(N2CCC(C)CC2)nc1. The monoisotopic (exact) mass is 318 g/mol. The van der Waals surface area contributed by atoms with Crippen molar-refractivity contribution in [1.29, 1.82) is 0 Å². The van der Waals surface area contributed by atoms with Gasteiger partial charge in [0, 0.05) is 31.9 Å². The summed E-state index contributed by atoms with van der Waals surface area (Å²) in [5, 5.41) is 3.01. The fraction of sp³-hybridized carbons (Fsp3) is 0.667. The molecule has 0 bridgehead atoms. The average molecular weight is 318 g/mol. The number of nitrogens with two attached hydrogens (primary N) is 1. The Hall–Kier alpha value is -1.62. The molecule has 1 aliphatic rings. The van der Waals surface area contributed by atoms with Crippen molar-refractivity contribution in [1.82, 2.24) is 10.3 Å². The normalized spacial score (nSPS) is 17.1. The third-order valence-corrected chi connectivity index (χ3v) is 4.64. The van der Waals surface area contributed by atoms with Crippen LogP contribution in [0.15, 0.2) is 18.3 Å². The zero-order valence-electron chi connectivity index (χ0n) is 14.4. The number of hydrogen-bond acceptors (Lipinski definition) is 4. The number of carbonyl (C=O) groups excluding carboxylic acids is 1. The molecule has 2 heterocycles. The molecule has 0 spiro atoms. The van der Waals surface area contributed by atoms with E-state index in [1.54, 1.807) is 6.20 Å². The Kier molecular flexibility index (Phi) is 6.84. The maximum Gasteiger partial charge on any atom is 0.253 e. The predicted octanol–water partition coefficient (Wildman–Crippen LogP) is 2.57. The summed E-state index contributed by atoms with van der Waals surface area (Å²) in [4.78, 5) is 19.1. The molecule has 1 aromatic heterocycles. The standard InChI is InChI=1S/C18H30N4O/c1-3-4-5-16(12-19)21-18(23)15-6-7-17(20-13-15)22-10-8-14(2)9-11-22/h6-7,13-14,16H,3-5,8-12,19H2,1-2H3,(H,21,23). The molecule has 1 aliphatic heterocycles. The highest BCUT2D eigenvalue weighted by Gasteiger charge is 2.18. The van der Waals surface area contributed by atoms with Crippen LogP contribution in [-0.4, -0.2) is 36.6 Å². The van der Waals surface area contributed by atoms with Crippen LogP contribution in [0.3, 0.4) is 0 Å². The van der Waals surface area contributed by atoms with Crippen molar-refractivity contribution < 1.29 is 4.79 Å². The molecule has 2 rings (SSSR count). The number of carbonyl (C=O) groups is 1. The number of hydrogen-bond donors (Lipinski definition) is 2. The quantitative estimate of drug-likeness (QED) is 0.810. The van der Waals surface area contributed by atoms with Crippen LogP contribution >= 0.6 is 0 Å². The largest absolute Gasteiger partial charge is 0.357 e. The number of amides is 1. The third-order valence-electron chi connectivity index (χ3n) is 4.64.